The summed E-state index contributed by atoms with van der Waals surface area (Å²) in [5, 5.41) is 8.31. The van der Waals surface area contributed by atoms with Gasteiger partial charge in [-0.05, 0) is 61.9 Å². The molecule has 2 aromatic carbocycles. The van der Waals surface area contributed by atoms with Gasteiger partial charge in [0.2, 0.25) is 0 Å². The van der Waals surface area contributed by atoms with Gasteiger partial charge in [0, 0.05) is 48.6 Å². The lowest BCUT2D eigenvalue weighted by Crippen LogP contribution is -2.46. The summed E-state index contributed by atoms with van der Waals surface area (Å²) in [6.07, 6.45) is 6.19. The molecule has 3 fully saturated rings. The smallest absolute Gasteiger partial charge is 0.175 e. The van der Waals surface area contributed by atoms with Crippen molar-refractivity contribution in [3.8, 4) is 17.6 Å². The van der Waals surface area contributed by atoms with Crippen LogP contribution in [0.2, 0.25) is 0 Å². The van der Waals surface area contributed by atoms with Gasteiger partial charge in [-0.2, -0.15) is 0 Å². The van der Waals surface area contributed by atoms with Crippen molar-refractivity contribution < 1.29 is 22.6 Å². The van der Waals surface area contributed by atoms with Crippen LogP contribution in [0.15, 0.2) is 47.4 Å². The average molecular weight is 593 g/mol. The third kappa shape index (κ3) is 6.70. The second-order valence-electron chi connectivity index (χ2n) is 11.4. The Morgan fingerprint density at radius 1 is 1.05 bits per heavy atom. The lowest BCUT2D eigenvalue weighted by atomic mass is 9.89. The first-order valence-corrected chi connectivity index (χ1v) is 16.7. The number of methoxy groups -OCH3 is 1. The van der Waals surface area contributed by atoms with Crippen LogP contribution in [0.3, 0.4) is 0 Å². The number of nitrogens with one attached hydrogen (secondary N) is 2. The minimum Gasteiger partial charge on any atom is -0.495 e. The molecule has 0 amide bonds. The standard InChI is InChI=1S/C32H40N4O5S/c1-39-32-20-27(42(2,37)38)12-13-30(32)33-14-4-5-25-19-28-29(6-3-7-31(28)36(25)21-26-22-41-26)34-23-8-10-24(11-9-23)35-15-17-40-18-16-35/h3,6-7,12-13,19-20,23-24,26,33-34H,8-11,14-18,21-22H2,1-2H3/t23-,24-,26?. The number of fused-ring (bicyclic) bond motifs is 1. The third-order valence-electron chi connectivity index (χ3n) is 8.54. The van der Waals surface area contributed by atoms with Crippen LogP contribution >= 0.6 is 0 Å². The molecule has 2 saturated heterocycles. The summed E-state index contributed by atoms with van der Waals surface area (Å²) >= 11 is 0. The van der Waals surface area contributed by atoms with Gasteiger partial charge in [0.15, 0.2) is 9.84 Å². The average Bonchev–Trinajstić information content (AvgIpc) is 3.76. The van der Waals surface area contributed by atoms with Crippen molar-refractivity contribution in [1.82, 2.24) is 9.47 Å². The topological polar surface area (TPSA) is 97.4 Å². The van der Waals surface area contributed by atoms with Crippen LogP contribution in [0.25, 0.3) is 10.9 Å². The minimum atomic E-state index is -3.32. The molecule has 1 atom stereocenters. The summed E-state index contributed by atoms with van der Waals surface area (Å²) in [5.41, 5.74) is 3.97. The number of hydrogen-bond acceptors (Lipinski definition) is 8. The number of anilines is 2. The second kappa shape index (κ2) is 12.6. The largest absolute Gasteiger partial charge is 0.495 e. The third-order valence-corrected chi connectivity index (χ3v) is 9.65. The highest BCUT2D eigenvalue weighted by atomic mass is 32.2. The maximum atomic E-state index is 11.9. The molecule has 6 rings (SSSR count). The predicted molar refractivity (Wildman–Crippen MR) is 165 cm³/mol. The quantitative estimate of drug-likeness (QED) is 0.285. The molecule has 0 spiro atoms. The fourth-order valence-electron chi connectivity index (χ4n) is 6.16. The molecule has 3 aromatic rings. The van der Waals surface area contributed by atoms with E-state index in [0.29, 0.717) is 30.1 Å². The fraction of sp³-hybridized carbons (Fsp3) is 0.500. The Labute approximate surface area is 248 Å². The van der Waals surface area contributed by atoms with Gasteiger partial charge in [0.25, 0.3) is 0 Å². The molecule has 0 bridgehead atoms. The lowest BCUT2D eigenvalue weighted by molar-refractivity contribution is 0.00791. The molecule has 0 radical (unpaired) electrons. The molecule has 42 heavy (non-hydrogen) atoms. The monoisotopic (exact) mass is 592 g/mol. The summed E-state index contributed by atoms with van der Waals surface area (Å²) in [5.74, 6) is 7.08. The van der Waals surface area contributed by atoms with Gasteiger partial charge in [-0.3, -0.25) is 4.90 Å². The zero-order valence-corrected chi connectivity index (χ0v) is 25.2. The Hall–Kier alpha value is -3.23. The Balaban J connectivity index is 1.16. The number of rotatable bonds is 9. The van der Waals surface area contributed by atoms with Gasteiger partial charge >= 0.3 is 0 Å². The van der Waals surface area contributed by atoms with E-state index in [-0.39, 0.29) is 11.0 Å². The Kier molecular flexibility index (Phi) is 8.63. The van der Waals surface area contributed by atoms with Crippen molar-refractivity contribution in [3.05, 3.63) is 48.2 Å². The maximum Gasteiger partial charge on any atom is 0.175 e. The summed E-state index contributed by atoms with van der Waals surface area (Å²) in [4.78, 5) is 2.83. The van der Waals surface area contributed by atoms with Crippen molar-refractivity contribution in [2.75, 3.05) is 63.5 Å². The van der Waals surface area contributed by atoms with Crippen molar-refractivity contribution in [2.45, 2.75) is 55.3 Å². The van der Waals surface area contributed by atoms with Gasteiger partial charge in [-0.15, -0.1) is 0 Å². The Bertz CT molecular complexity index is 1570. The highest BCUT2D eigenvalue weighted by Gasteiger charge is 2.28. The van der Waals surface area contributed by atoms with E-state index >= 15 is 0 Å². The van der Waals surface area contributed by atoms with E-state index in [0.717, 1.165) is 56.4 Å². The van der Waals surface area contributed by atoms with E-state index in [9.17, 15) is 8.42 Å². The first-order chi connectivity index (χ1) is 20.4. The van der Waals surface area contributed by atoms with Crippen molar-refractivity contribution in [1.29, 1.82) is 0 Å². The molecule has 2 N–H and O–H groups in total. The highest BCUT2D eigenvalue weighted by molar-refractivity contribution is 7.90. The molecule has 1 aromatic heterocycles. The van der Waals surface area contributed by atoms with Gasteiger partial charge in [0.05, 0.1) is 67.9 Å². The van der Waals surface area contributed by atoms with Crippen LogP contribution in [-0.4, -0.2) is 88.9 Å². The minimum absolute atomic E-state index is 0.220. The van der Waals surface area contributed by atoms with Crippen LogP contribution < -0.4 is 15.4 Å². The Morgan fingerprint density at radius 2 is 1.83 bits per heavy atom. The normalized spacial score (nSPS) is 22.8. The molecular weight excluding hydrogens is 552 g/mol. The molecular formula is C32H40N4O5S. The second-order valence-corrected chi connectivity index (χ2v) is 13.4. The van der Waals surface area contributed by atoms with E-state index in [1.54, 1.807) is 12.1 Å². The first kappa shape index (κ1) is 28.9. The van der Waals surface area contributed by atoms with Gasteiger partial charge in [-0.25, -0.2) is 8.42 Å². The van der Waals surface area contributed by atoms with Crippen LogP contribution in [0.1, 0.15) is 31.4 Å². The van der Waals surface area contributed by atoms with Gasteiger partial charge < -0.3 is 29.4 Å². The van der Waals surface area contributed by atoms with E-state index in [4.69, 9.17) is 14.2 Å². The van der Waals surface area contributed by atoms with E-state index in [1.165, 1.54) is 50.5 Å². The molecule has 3 aliphatic rings. The molecule has 2 aliphatic heterocycles. The summed E-state index contributed by atoms with van der Waals surface area (Å²) in [6, 6.07) is 14.6. The molecule has 3 heterocycles. The first-order valence-electron chi connectivity index (χ1n) is 14.8. The molecule has 10 heteroatoms. The van der Waals surface area contributed by atoms with Crippen molar-refractivity contribution >= 4 is 32.1 Å². The molecule has 9 nitrogen and oxygen atoms in total. The molecule has 224 valence electrons. The fourth-order valence-corrected chi connectivity index (χ4v) is 6.79. The number of hydrogen-bond donors (Lipinski definition) is 2. The molecule has 1 unspecified atom stereocenters. The summed E-state index contributed by atoms with van der Waals surface area (Å²) < 4.78 is 42.6. The zero-order chi connectivity index (χ0) is 29.1. The number of epoxide rings is 1. The number of sulfone groups is 1. The van der Waals surface area contributed by atoms with Crippen molar-refractivity contribution in [2.24, 2.45) is 0 Å². The van der Waals surface area contributed by atoms with Crippen LogP contribution in [0.5, 0.6) is 5.75 Å². The van der Waals surface area contributed by atoms with Crippen LogP contribution in [0.4, 0.5) is 11.4 Å². The maximum absolute atomic E-state index is 11.9. The number of nitrogens with zero attached hydrogens (tertiary/aromatic N) is 2. The van der Waals surface area contributed by atoms with Gasteiger partial charge in [-0.1, -0.05) is 12.0 Å². The zero-order valence-electron chi connectivity index (χ0n) is 24.4. The van der Waals surface area contributed by atoms with E-state index in [2.05, 4.69) is 56.2 Å². The van der Waals surface area contributed by atoms with E-state index in [1.807, 2.05) is 0 Å². The van der Waals surface area contributed by atoms with Crippen LogP contribution in [-0.2, 0) is 25.9 Å². The summed E-state index contributed by atoms with van der Waals surface area (Å²) in [6.45, 7) is 5.77. The highest BCUT2D eigenvalue weighted by Crippen LogP contribution is 2.32. The number of ether oxygens (including phenoxy) is 3. The lowest BCUT2D eigenvalue weighted by Gasteiger charge is -2.39. The van der Waals surface area contributed by atoms with Gasteiger partial charge in [0.1, 0.15) is 5.75 Å². The number of aromatic nitrogens is 1. The predicted octanol–water partition coefficient (Wildman–Crippen LogP) is 3.97. The van der Waals surface area contributed by atoms with Crippen LogP contribution in [0, 0.1) is 11.8 Å². The summed E-state index contributed by atoms with van der Waals surface area (Å²) in [7, 11) is -1.79. The number of morpholine rings is 1. The SMILES string of the molecule is COc1cc(S(C)(=O)=O)ccc1NCC#Cc1cc2c(N[C@H]3CC[C@H](N4CCOCC4)CC3)cccc2n1CC1CO1. The van der Waals surface area contributed by atoms with Crippen molar-refractivity contribution in [3.63, 3.8) is 0 Å². The molecule has 1 aliphatic carbocycles. The Morgan fingerprint density at radius 3 is 2.55 bits per heavy atom. The van der Waals surface area contributed by atoms with E-state index < -0.39 is 9.84 Å². The molecule has 1 saturated carbocycles. The number of benzene rings is 2.